The SMILES string of the molecule is COc1ccc(CC2CCN(Cc3cc(C)no3)C2)cc1. The highest BCUT2D eigenvalue weighted by atomic mass is 16.5. The predicted octanol–water partition coefficient (Wildman–Crippen LogP) is 3.06. The van der Waals surface area contributed by atoms with Crippen molar-refractivity contribution in [1.29, 1.82) is 0 Å². The van der Waals surface area contributed by atoms with E-state index in [2.05, 4.69) is 22.2 Å². The second-order valence-electron chi connectivity index (χ2n) is 5.88. The van der Waals surface area contributed by atoms with E-state index < -0.39 is 0 Å². The molecule has 0 N–H and O–H groups in total. The molecular formula is C17H22N2O2. The van der Waals surface area contributed by atoms with Gasteiger partial charge in [0.25, 0.3) is 0 Å². The van der Waals surface area contributed by atoms with E-state index in [1.165, 1.54) is 12.0 Å². The van der Waals surface area contributed by atoms with Gasteiger partial charge >= 0.3 is 0 Å². The first kappa shape index (κ1) is 14.1. The lowest BCUT2D eigenvalue weighted by Gasteiger charge is -2.14. The maximum absolute atomic E-state index is 5.30. The van der Waals surface area contributed by atoms with Gasteiger partial charge in [-0.25, -0.2) is 0 Å². The number of nitrogens with zero attached hydrogens (tertiary/aromatic N) is 2. The van der Waals surface area contributed by atoms with Crippen LogP contribution in [0.3, 0.4) is 0 Å². The fraction of sp³-hybridized carbons (Fsp3) is 0.471. The molecule has 1 aliphatic heterocycles. The molecule has 1 aromatic carbocycles. The normalized spacial score (nSPS) is 19.0. The van der Waals surface area contributed by atoms with Crippen molar-refractivity contribution < 1.29 is 9.26 Å². The summed E-state index contributed by atoms with van der Waals surface area (Å²) < 4.78 is 10.5. The minimum Gasteiger partial charge on any atom is -0.497 e. The second-order valence-corrected chi connectivity index (χ2v) is 5.88. The van der Waals surface area contributed by atoms with Gasteiger partial charge in [-0.1, -0.05) is 17.3 Å². The molecule has 21 heavy (non-hydrogen) atoms. The molecular weight excluding hydrogens is 264 g/mol. The van der Waals surface area contributed by atoms with Crippen LogP contribution in [0.15, 0.2) is 34.9 Å². The van der Waals surface area contributed by atoms with E-state index in [0.29, 0.717) is 0 Å². The average molecular weight is 286 g/mol. The number of benzene rings is 1. The Bertz CT molecular complexity index is 577. The Kier molecular flexibility index (Phi) is 4.25. The highest BCUT2D eigenvalue weighted by molar-refractivity contribution is 5.27. The van der Waals surface area contributed by atoms with E-state index in [1.807, 2.05) is 25.1 Å². The molecule has 4 nitrogen and oxygen atoms in total. The number of ether oxygens (including phenoxy) is 1. The van der Waals surface area contributed by atoms with Crippen LogP contribution in [0.2, 0.25) is 0 Å². The standard InChI is InChI=1S/C17H22N2O2/c1-13-9-17(21-18-13)12-19-8-7-15(11-19)10-14-3-5-16(20-2)6-4-14/h3-6,9,15H,7-8,10-12H2,1-2H3. The molecule has 1 atom stereocenters. The Morgan fingerprint density at radius 1 is 1.33 bits per heavy atom. The first-order valence-corrected chi connectivity index (χ1v) is 7.50. The summed E-state index contributed by atoms with van der Waals surface area (Å²) in [4.78, 5) is 2.45. The molecule has 3 rings (SSSR count). The minimum atomic E-state index is 0.724. The fourth-order valence-corrected chi connectivity index (χ4v) is 3.03. The largest absolute Gasteiger partial charge is 0.497 e. The number of rotatable bonds is 5. The molecule has 2 aromatic rings. The Morgan fingerprint density at radius 2 is 2.14 bits per heavy atom. The highest BCUT2D eigenvalue weighted by Gasteiger charge is 2.23. The molecule has 0 aliphatic carbocycles. The number of likely N-dealkylation sites (tertiary alicyclic amines) is 1. The highest BCUT2D eigenvalue weighted by Crippen LogP contribution is 2.23. The first-order chi connectivity index (χ1) is 10.2. The Balaban J connectivity index is 1.52. The first-order valence-electron chi connectivity index (χ1n) is 7.50. The van der Waals surface area contributed by atoms with Crippen LogP contribution < -0.4 is 4.74 Å². The fourth-order valence-electron chi connectivity index (χ4n) is 3.03. The molecule has 1 aliphatic rings. The lowest BCUT2D eigenvalue weighted by molar-refractivity contribution is 0.265. The zero-order valence-electron chi connectivity index (χ0n) is 12.7. The van der Waals surface area contributed by atoms with Gasteiger partial charge in [0.15, 0.2) is 5.76 Å². The average Bonchev–Trinajstić information content (AvgIpc) is 3.09. The van der Waals surface area contributed by atoms with Crippen LogP contribution in [0.4, 0.5) is 0 Å². The molecule has 2 heterocycles. The molecule has 1 saturated heterocycles. The smallest absolute Gasteiger partial charge is 0.150 e. The van der Waals surface area contributed by atoms with Crippen molar-refractivity contribution in [2.45, 2.75) is 26.3 Å². The summed E-state index contributed by atoms with van der Waals surface area (Å²) in [5.74, 6) is 2.62. The molecule has 1 unspecified atom stereocenters. The van der Waals surface area contributed by atoms with Crippen LogP contribution in [0.1, 0.15) is 23.4 Å². The monoisotopic (exact) mass is 286 g/mol. The number of hydrogen-bond acceptors (Lipinski definition) is 4. The quantitative estimate of drug-likeness (QED) is 0.847. The molecule has 0 radical (unpaired) electrons. The number of hydrogen-bond donors (Lipinski definition) is 0. The third-order valence-electron chi connectivity index (χ3n) is 4.11. The lowest BCUT2D eigenvalue weighted by atomic mass is 9.99. The van der Waals surface area contributed by atoms with Crippen molar-refractivity contribution in [2.24, 2.45) is 5.92 Å². The summed E-state index contributed by atoms with van der Waals surface area (Å²) in [6.45, 7) is 5.11. The van der Waals surface area contributed by atoms with Crippen LogP contribution in [0, 0.1) is 12.8 Å². The van der Waals surface area contributed by atoms with Gasteiger partial charge in [-0.3, -0.25) is 4.90 Å². The van der Waals surface area contributed by atoms with E-state index in [0.717, 1.165) is 49.2 Å². The summed E-state index contributed by atoms with van der Waals surface area (Å²) >= 11 is 0. The van der Waals surface area contributed by atoms with Gasteiger partial charge in [0.2, 0.25) is 0 Å². The summed E-state index contributed by atoms with van der Waals surface area (Å²) in [6.07, 6.45) is 2.38. The maximum Gasteiger partial charge on any atom is 0.150 e. The third kappa shape index (κ3) is 3.64. The zero-order valence-corrected chi connectivity index (χ0v) is 12.7. The predicted molar refractivity (Wildman–Crippen MR) is 81.3 cm³/mol. The van der Waals surface area contributed by atoms with E-state index in [-0.39, 0.29) is 0 Å². The summed E-state index contributed by atoms with van der Waals surface area (Å²) in [5.41, 5.74) is 2.34. The van der Waals surface area contributed by atoms with Crippen molar-refractivity contribution in [3.8, 4) is 5.75 Å². The minimum absolute atomic E-state index is 0.724. The molecule has 0 bridgehead atoms. The van der Waals surface area contributed by atoms with Gasteiger partial charge in [0.05, 0.1) is 19.3 Å². The molecule has 0 spiro atoms. The summed E-state index contributed by atoms with van der Waals surface area (Å²) in [7, 11) is 1.70. The number of methoxy groups -OCH3 is 1. The molecule has 1 fully saturated rings. The van der Waals surface area contributed by atoms with Crippen LogP contribution in [0.25, 0.3) is 0 Å². The van der Waals surface area contributed by atoms with Gasteiger partial charge in [-0.05, 0) is 49.9 Å². The van der Waals surface area contributed by atoms with Crippen LogP contribution in [-0.2, 0) is 13.0 Å². The van der Waals surface area contributed by atoms with Crippen molar-refractivity contribution in [1.82, 2.24) is 10.1 Å². The van der Waals surface area contributed by atoms with E-state index in [9.17, 15) is 0 Å². The Labute approximate surface area is 125 Å². The van der Waals surface area contributed by atoms with Crippen LogP contribution in [-0.4, -0.2) is 30.3 Å². The van der Waals surface area contributed by atoms with Crippen molar-refractivity contribution in [2.75, 3.05) is 20.2 Å². The van der Waals surface area contributed by atoms with Gasteiger partial charge in [-0.15, -0.1) is 0 Å². The summed E-state index contributed by atoms with van der Waals surface area (Å²) in [5, 5.41) is 3.95. The van der Waals surface area contributed by atoms with Gasteiger partial charge in [0.1, 0.15) is 5.75 Å². The van der Waals surface area contributed by atoms with Gasteiger partial charge in [-0.2, -0.15) is 0 Å². The topological polar surface area (TPSA) is 38.5 Å². The van der Waals surface area contributed by atoms with Crippen molar-refractivity contribution in [3.05, 3.63) is 47.3 Å². The molecule has 1 aromatic heterocycles. The molecule has 0 saturated carbocycles. The van der Waals surface area contributed by atoms with Gasteiger partial charge in [0, 0.05) is 12.6 Å². The van der Waals surface area contributed by atoms with Crippen LogP contribution >= 0.6 is 0 Å². The Hall–Kier alpha value is -1.81. The lowest BCUT2D eigenvalue weighted by Crippen LogP contribution is -2.20. The van der Waals surface area contributed by atoms with E-state index >= 15 is 0 Å². The molecule has 4 heteroatoms. The zero-order chi connectivity index (χ0) is 14.7. The van der Waals surface area contributed by atoms with E-state index in [4.69, 9.17) is 9.26 Å². The summed E-state index contributed by atoms with van der Waals surface area (Å²) in [6, 6.07) is 10.4. The molecule has 0 amide bonds. The maximum atomic E-state index is 5.30. The Morgan fingerprint density at radius 3 is 2.81 bits per heavy atom. The van der Waals surface area contributed by atoms with E-state index in [1.54, 1.807) is 7.11 Å². The van der Waals surface area contributed by atoms with Crippen molar-refractivity contribution >= 4 is 0 Å². The third-order valence-corrected chi connectivity index (χ3v) is 4.11. The second kappa shape index (κ2) is 6.31. The molecule has 112 valence electrons. The van der Waals surface area contributed by atoms with Gasteiger partial charge < -0.3 is 9.26 Å². The van der Waals surface area contributed by atoms with Crippen LogP contribution in [0.5, 0.6) is 5.75 Å². The number of aryl methyl sites for hydroxylation is 1. The number of aromatic nitrogens is 1. The van der Waals surface area contributed by atoms with Crippen molar-refractivity contribution in [3.63, 3.8) is 0 Å².